The van der Waals surface area contributed by atoms with Crippen molar-refractivity contribution >= 4 is 27.3 Å². The highest BCUT2D eigenvalue weighted by molar-refractivity contribution is 7.89. The van der Waals surface area contributed by atoms with E-state index in [4.69, 9.17) is 17.3 Å². The third kappa shape index (κ3) is 4.59. The number of nitrogens with one attached hydrogen (secondary N) is 1. The van der Waals surface area contributed by atoms with Gasteiger partial charge < -0.3 is 5.73 Å². The molecule has 3 N–H and O–H groups in total. The van der Waals surface area contributed by atoms with Gasteiger partial charge in [0, 0.05) is 11.6 Å². The van der Waals surface area contributed by atoms with Crippen molar-refractivity contribution in [2.75, 3.05) is 12.3 Å². The lowest BCUT2D eigenvalue weighted by atomic mass is 9.81. The van der Waals surface area contributed by atoms with Crippen LogP contribution in [0, 0.1) is 11.8 Å². The van der Waals surface area contributed by atoms with Gasteiger partial charge in [-0.1, -0.05) is 44.2 Å². The molecule has 1 fully saturated rings. The molecule has 6 heteroatoms. The number of hydrogen-bond donors (Lipinski definition) is 2. The fraction of sp³-hybridized carbons (Fsp3) is 0.600. The van der Waals surface area contributed by atoms with Crippen LogP contribution < -0.4 is 10.5 Å². The molecule has 0 aromatic heterocycles. The Labute approximate surface area is 132 Å². The average Bonchev–Trinajstić information content (AvgIpc) is 2.43. The van der Waals surface area contributed by atoms with Gasteiger partial charge in [0.15, 0.2) is 0 Å². The number of nitrogens with two attached hydrogens (primary N) is 1. The van der Waals surface area contributed by atoms with Crippen LogP contribution in [0.1, 0.15) is 39.0 Å². The van der Waals surface area contributed by atoms with Crippen LogP contribution in [0.25, 0.3) is 0 Å². The Morgan fingerprint density at radius 3 is 2.62 bits per heavy atom. The van der Waals surface area contributed by atoms with Gasteiger partial charge in [-0.15, -0.1) is 0 Å². The Balaban J connectivity index is 1.91. The molecule has 118 valence electrons. The summed E-state index contributed by atoms with van der Waals surface area (Å²) in [7, 11) is -3.58. The second-order valence-electron chi connectivity index (χ2n) is 5.99. The van der Waals surface area contributed by atoms with Gasteiger partial charge in [-0.3, -0.25) is 0 Å². The van der Waals surface area contributed by atoms with Gasteiger partial charge in [0.1, 0.15) is 4.90 Å². The smallest absolute Gasteiger partial charge is 0.242 e. The lowest BCUT2D eigenvalue weighted by Crippen LogP contribution is -2.27. The van der Waals surface area contributed by atoms with Crippen molar-refractivity contribution in [2.45, 2.75) is 43.9 Å². The molecule has 1 saturated carbocycles. The zero-order chi connectivity index (χ0) is 15.5. The van der Waals surface area contributed by atoms with Gasteiger partial charge in [0.25, 0.3) is 0 Å². The Hall–Kier alpha value is -0.780. The van der Waals surface area contributed by atoms with Crippen LogP contribution >= 0.6 is 11.6 Å². The van der Waals surface area contributed by atoms with E-state index in [1.807, 2.05) is 0 Å². The van der Waals surface area contributed by atoms with Gasteiger partial charge in [-0.05, 0) is 36.5 Å². The molecular weight excluding hydrogens is 308 g/mol. The molecule has 0 radical (unpaired) electrons. The molecule has 1 aliphatic carbocycles. The average molecular weight is 331 g/mol. The lowest BCUT2D eigenvalue weighted by Gasteiger charge is -2.26. The van der Waals surface area contributed by atoms with Crippen molar-refractivity contribution in [3.05, 3.63) is 23.2 Å². The zero-order valence-corrected chi connectivity index (χ0v) is 13.9. The first-order valence-electron chi connectivity index (χ1n) is 7.43. The summed E-state index contributed by atoms with van der Waals surface area (Å²) in [5.41, 5.74) is 5.95. The van der Waals surface area contributed by atoms with Crippen LogP contribution in [-0.4, -0.2) is 15.0 Å². The summed E-state index contributed by atoms with van der Waals surface area (Å²) in [5, 5.41) is 0.367. The van der Waals surface area contributed by atoms with Crippen molar-refractivity contribution in [1.29, 1.82) is 0 Å². The van der Waals surface area contributed by atoms with Crippen LogP contribution in [0.4, 0.5) is 5.69 Å². The van der Waals surface area contributed by atoms with E-state index in [0.717, 1.165) is 12.3 Å². The van der Waals surface area contributed by atoms with Crippen LogP contribution in [0.2, 0.25) is 5.02 Å². The van der Waals surface area contributed by atoms with Crippen molar-refractivity contribution < 1.29 is 8.42 Å². The summed E-state index contributed by atoms with van der Waals surface area (Å²) in [6.45, 7) is 2.73. The van der Waals surface area contributed by atoms with E-state index in [1.54, 1.807) is 6.07 Å². The SMILES string of the molecule is CC1CCC(CCNS(=O)(=O)c2cc(Cl)ccc2N)CC1. The maximum Gasteiger partial charge on any atom is 0.242 e. The van der Waals surface area contributed by atoms with Gasteiger partial charge in [0.05, 0.1) is 5.69 Å². The molecule has 21 heavy (non-hydrogen) atoms. The Morgan fingerprint density at radius 2 is 1.95 bits per heavy atom. The minimum absolute atomic E-state index is 0.0623. The number of nitrogen functional groups attached to an aromatic ring is 1. The maximum atomic E-state index is 12.2. The molecular formula is C15H23ClN2O2S. The number of sulfonamides is 1. The Morgan fingerprint density at radius 1 is 1.29 bits per heavy atom. The van der Waals surface area contributed by atoms with E-state index in [1.165, 1.54) is 37.8 Å². The van der Waals surface area contributed by atoms with Gasteiger partial charge in [-0.25, -0.2) is 13.1 Å². The monoisotopic (exact) mass is 330 g/mol. The molecule has 1 aromatic rings. The van der Waals surface area contributed by atoms with Crippen molar-refractivity contribution in [2.24, 2.45) is 11.8 Å². The minimum atomic E-state index is -3.58. The van der Waals surface area contributed by atoms with Gasteiger partial charge in [-0.2, -0.15) is 0 Å². The summed E-state index contributed by atoms with van der Waals surface area (Å²) in [5.74, 6) is 1.44. The second kappa shape index (κ2) is 6.99. The topological polar surface area (TPSA) is 72.2 Å². The van der Waals surface area contributed by atoms with Crippen LogP contribution in [0.15, 0.2) is 23.1 Å². The third-order valence-electron chi connectivity index (χ3n) is 4.25. The standard InChI is InChI=1S/C15H23ClN2O2S/c1-11-2-4-12(5-3-11)8-9-18-21(19,20)15-10-13(16)6-7-14(15)17/h6-7,10-12,18H,2-5,8-9,17H2,1H3. The number of benzene rings is 1. The molecule has 0 heterocycles. The summed E-state index contributed by atoms with van der Waals surface area (Å²) in [6, 6.07) is 4.49. The number of anilines is 1. The number of rotatable bonds is 5. The second-order valence-corrected chi connectivity index (χ2v) is 8.17. The summed E-state index contributed by atoms with van der Waals surface area (Å²) < 4.78 is 27.1. The Kier molecular flexibility index (Phi) is 5.52. The molecule has 4 nitrogen and oxygen atoms in total. The van der Waals surface area contributed by atoms with Gasteiger partial charge in [0.2, 0.25) is 10.0 Å². The molecule has 0 spiro atoms. The fourth-order valence-corrected chi connectivity index (χ4v) is 4.27. The van der Waals surface area contributed by atoms with E-state index in [2.05, 4.69) is 11.6 Å². The minimum Gasteiger partial charge on any atom is -0.398 e. The van der Waals surface area contributed by atoms with Gasteiger partial charge >= 0.3 is 0 Å². The molecule has 1 aromatic carbocycles. The zero-order valence-electron chi connectivity index (χ0n) is 12.3. The molecule has 0 unspecified atom stereocenters. The quantitative estimate of drug-likeness (QED) is 0.812. The summed E-state index contributed by atoms with van der Waals surface area (Å²) in [6.07, 6.45) is 5.77. The normalized spacial score (nSPS) is 23.1. The first-order valence-corrected chi connectivity index (χ1v) is 9.29. The van der Waals surface area contributed by atoms with E-state index >= 15 is 0 Å². The predicted molar refractivity (Wildman–Crippen MR) is 86.8 cm³/mol. The number of hydrogen-bond acceptors (Lipinski definition) is 3. The van der Waals surface area contributed by atoms with Crippen LogP contribution in [0.3, 0.4) is 0 Å². The van der Waals surface area contributed by atoms with Crippen molar-refractivity contribution in [1.82, 2.24) is 4.72 Å². The first-order chi connectivity index (χ1) is 9.88. The number of halogens is 1. The summed E-state index contributed by atoms with van der Waals surface area (Å²) in [4.78, 5) is 0.0623. The van der Waals surface area contributed by atoms with Crippen LogP contribution in [0.5, 0.6) is 0 Å². The highest BCUT2D eigenvalue weighted by Crippen LogP contribution is 2.30. The highest BCUT2D eigenvalue weighted by atomic mass is 35.5. The first kappa shape index (κ1) is 16.6. The molecule has 0 bridgehead atoms. The third-order valence-corrected chi connectivity index (χ3v) is 6.00. The van der Waals surface area contributed by atoms with Crippen molar-refractivity contribution in [3.63, 3.8) is 0 Å². The van der Waals surface area contributed by atoms with Crippen LogP contribution in [-0.2, 0) is 10.0 Å². The van der Waals surface area contributed by atoms with E-state index in [-0.39, 0.29) is 10.6 Å². The van der Waals surface area contributed by atoms with Crippen molar-refractivity contribution in [3.8, 4) is 0 Å². The van der Waals surface area contributed by atoms with E-state index < -0.39 is 10.0 Å². The highest BCUT2D eigenvalue weighted by Gasteiger charge is 2.21. The summed E-state index contributed by atoms with van der Waals surface area (Å²) >= 11 is 5.84. The molecule has 2 rings (SSSR count). The largest absolute Gasteiger partial charge is 0.398 e. The molecule has 0 saturated heterocycles. The van der Waals surface area contributed by atoms with E-state index in [0.29, 0.717) is 17.5 Å². The lowest BCUT2D eigenvalue weighted by molar-refractivity contribution is 0.278. The maximum absolute atomic E-state index is 12.2. The fourth-order valence-electron chi connectivity index (χ4n) is 2.83. The molecule has 0 amide bonds. The Bertz CT molecular complexity index is 581. The molecule has 0 aliphatic heterocycles. The molecule has 1 aliphatic rings. The predicted octanol–water partition coefficient (Wildman–Crippen LogP) is 3.42. The van der Waals surface area contributed by atoms with E-state index in [9.17, 15) is 8.42 Å². The molecule has 0 atom stereocenters.